The van der Waals surface area contributed by atoms with E-state index in [0.717, 1.165) is 31.2 Å². The standard InChI is InChI=1S/C19H28O5/c1-23-18-6-4-3-5-16(21)15(18)12-14(20)9-7-13-8-10-19(24-2)17(22)11-13/h8,10-11,15-16,18,21-22H,3-7,9,12H2,1-2H3. The van der Waals surface area contributed by atoms with Crippen LogP contribution in [0.3, 0.4) is 0 Å². The molecule has 1 aromatic rings. The van der Waals surface area contributed by atoms with Crippen LogP contribution in [0.25, 0.3) is 0 Å². The smallest absolute Gasteiger partial charge is 0.160 e. The van der Waals surface area contributed by atoms with Crippen LogP contribution in [-0.2, 0) is 16.0 Å². The zero-order valence-electron chi connectivity index (χ0n) is 14.5. The molecular formula is C19H28O5. The number of ketones is 1. The fourth-order valence-electron chi connectivity index (χ4n) is 3.47. The fourth-order valence-corrected chi connectivity index (χ4v) is 3.47. The fraction of sp³-hybridized carbons (Fsp3) is 0.632. The van der Waals surface area contributed by atoms with Gasteiger partial charge in [-0.3, -0.25) is 4.79 Å². The number of carbonyl (C=O) groups is 1. The molecule has 2 rings (SSSR count). The van der Waals surface area contributed by atoms with Gasteiger partial charge in [0.2, 0.25) is 0 Å². The van der Waals surface area contributed by atoms with Crippen LogP contribution in [0.15, 0.2) is 18.2 Å². The van der Waals surface area contributed by atoms with E-state index in [1.165, 1.54) is 7.11 Å². The molecule has 0 saturated heterocycles. The van der Waals surface area contributed by atoms with E-state index >= 15 is 0 Å². The predicted octanol–water partition coefficient (Wildman–Crippen LogP) is 2.86. The Hall–Kier alpha value is -1.59. The number of carbonyl (C=O) groups excluding carboxylic acids is 1. The summed E-state index contributed by atoms with van der Waals surface area (Å²) < 4.78 is 10.5. The van der Waals surface area contributed by atoms with Gasteiger partial charge in [-0.1, -0.05) is 18.9 Å². The summed E-state index contributed by atoms with van der Waals surface area (Å²) >= 11 is 0. The summed E-state index contributed by atoms with van der Waals surface area (Å²) in [6.45, 7) is 0. The number of aromatic hydroxyl groups is 1. The van der Waals surface area contributed by atoms with Gasteiger partial charge in [0.05, 0.1) is 19.3 Å². The lowest BCUT2D eigenvalue weighted by molar-refractivity contribution is -0.123. The molecule has 0 heterocycles. The van der Waals surface area contributed by atoms with Crippen LogP contribution in [0.1, 0.15) is 44.1 Å². The number of methoxy groups -OCH3 is 2. The Labute approximate surface area is 143 Å². The molecule has 0 bridgehead atoms. The number of Topliss-reactive ketones (excluding diaryl/α,β-unsaturated/α-hetero) is 1. The lowest BCUT2D eigenvalue weighted by Crippen LogP contribution is -2.33. The second-order valence-electron chi connectivity index (χ2n) is 6.54. The van der Waals surface area contributed by atoms with Gasteiger partial charge in [-0.15, -0.1) is 0 Å². The van der Waals surface area contributed by atoms with Gasteiger partial charge in [-0.25, -0.2) is 0 Å². The first-order chi connectivity index (χ1) is 11.5. The molecule has 134 valence electrons. The van der Waals surface area contributed by atoms with Crippen molar-refractivity contribution in [2.75, 3.05) is 14.2 Å². The van der Waals surface area contributed by atoms with E-state index in [1.807, 2.05) is 6.07 Å². The van der Waals surface area contributed by atoms with Crippen molar-refractivity contribution in [2.24, 2.45) is 5.92 Å². The first-order valence-electron chi connectivity index (χ1n) is 8.63. The van der Waals surface area contributed by atoms with Crippen LogP contribution < -0.4 is 4.74 Å². The Morgan fingerprint density at radius 3 is 2.67 bits per heavy atom. The molecule has 0 radical (unpaired) electrons. The Kier molecular flexibility index (Phi) is 7.06. The summed E-state index contributed by atoms with van der Waals surface area (Å²) in [6, 6.07) is 5.18. The Morgan fingerprint density at radius 1 is 1.25 bits per heavy atom. The third kappa shape index (κ3) is 4.95. The first kappa shape index (κ1) is 18.7. The minimum atomic E-state index is -0.466. The maximum Gasteiger partial charge on any atom is 0.160 e. The van der Waals surface area contributed by atoms with Gasteiger partial charge in [0.25, 0.3) is 0 Å². The van der Waals surface area contributed by atoms with Gasteiger partial charge in [0, 0.05) is 25.9 Å². The number of aliphatic hydroxyl groups is 1. The maximum atomic E-state index is 12.4. The van der Waals surface area contributed by atoms with Crippen LogP contribution in [0, 0.1) is 5.92 Å². The third-order valence-corrected chi connectivity index (χ3v) is 4.91. The first-order valence-corrected chi connectivity index (χ1v) is 8.63. The SMILES string of the molecule is COc1ccc(CCC(=O)CC2C(O)CCCCC2OC)cc1O. The molecule has 5 nitrogen and oxygen atoms in total. The highest BCUT2D eigenvalue weighted by molar-refractivity contribution is 5.79. The average Bonchev–Trinajstić information content (AvgIpc) is 2.75. The van der Waals surface area contributed by atoms with Crippen LogP contribution in [0.2, 0.25) is 0 Å². The zero-order valence-corrected chi connectivity index (χ0v) is 14.5. The second-order valence-corrected chi connectivity index (χ2v) is 6.54. The molecule has 0 aromatic heterocycles. The van der Waals surface area contributed by atoms with Gasteiger partial charge >= 0.3 is 0 Å². The molecule has 1 aliphatic carbocycles. The van der Waals surface area contributed by atoms with E-state index in [-0.39, 0.29) is 23.6 Å². The normalized spacial score (nSPS) is 24.4. The highest BCUT2D eigenvalue weighted by atomic mass is 16.5. The molecule has 3 atom stereocenters. The molecule has 1 saturated carbocycles. The quantitative estimate of drug-likeness (QED) is 0.749. The van der Waals surface area contributed by atoms with Gasteiger partial charge in [-0.2, -0.15) is 0 Å². The topological polar surface area (TPSA) is 76.0 Å². The molecule has 2 N–H and O–H groups in total. The van der Waals surface area contributed by atoms with Gasteiger partial charge in [0.15, 0.2) is 11.5 Å². The summed E-state index contributed by atoms with van der Waals surface area (Å²) in [5.74, 6) is 0.517. The largest absolute Gasteiger partial charge is 0.504 e. The third-order valence-electron chi connectivity index (χ3n) is 4.91. The lowest BCUT2D eigenvalue weighted by Gasteiger charge is -2.27. The van der Waals surface area contributed by atoms with Crippen LogP contribution >= 0.6 is 0 Å². The van der Waals surface area contributed by atoms with E-state index in [2.05, 4.69) is 0 Å². The summed E-state index contributed by atoms with van der Waals surface area (Å²) in [6.07, 6.45) is 4.46. The second kappa shape index (κ2) is 9.04. The summed E-state index contributed by atoms with van der Waals surface area (Å²) in [4.78, 5) is 12.4. The zero-order chi connectivity index (χ0) is 17.5. The molecule has 0 spiro atoms. The number of phenolic OH excluding ortho intramolecular Hbond substituents is 1. The highest BCUT2D eigenvalue weighted by Gasteiger charge is 2.32. The van der Waals surface area contributed by atoms with Gasteiger partial charge < -0.3 is 19.7 Å². The lowest BCUT2D eigenvalue weighted by atomic mass is 9.88. The number of hydrogen-bond donors (Lipinski definition) is 2. The van der Waals surface area contributed by atoms with Crippen molar-refractivity contribution in [2.45, 2.75) is 57.2 Å². The molecule has 1 fully saturated rings. The minimum absolute atomic E-state index is 0.0449. The Balaban J connectivity index is 1.90. The van der Waals surface area contributed by atoms with Crippen molar-refractivity contribution in [3.63, 3.8) is 0 Å². The van der Waals surface area contributed by atoms with E-state index in [4.69, 9.17) is 9.47 Å². The highest BCUT2D eigenvalue weighted by Crippen LogP contribution is 2.30. The molecule has 1 aromatic carbocycles. The van der Waals surface area contributed by atoms with Crippen molar-refractivity contribution in [3.05, 3.63) is 23.8 Å². The van der Waals surface area contributed by atoms with Gasteiger partial charge in [-0.05, 0) is 37.0 Å². The van der Waals surface area contributed by atoms with Crippen molar-refractivity contribution in [1.82, 2.24) is 0 Å². The minimum Gasteiger partial charge on any atom is -0.504 e. The number of aryl methyl sites for hydroxylation is 1. The van der Waals surface area contributed by atoms with Crippen molar-refractivity contribution >= 4 is 5.78 Å². The van der Waals surface area contributed by atoms with Crippen molar-refractivity contribution in [1.29, 1.82) is 0 Å². The number of hydrogen-bond acceptors (Lipinski definition) is 5. The number of aliphatic hydroxyl groups excluding tert-OH is 1. The van der Waals surface area contributed by atoms with Crippen molar-refractivity contribution in [3.8, 4) is 11.5 Å². The van der Waals surface area contributed by atoms with Crippen LogP contribution in [0.5, 0.6) is 11.5 Å². The van der Waals surface area contributed by atoms with Crippen LogP contribution in [0.4, 0.5) is 0 Å². The molecule has 0 amide bonds. The average molecular weight is 336 g/mol. The molecule has 3 unspecified atom stereocenters. The van der Waals surface area contributed by atoms with Crippen molar-refractivity contribution < 1.29 is 24.5 Å². The molecular weight excluding hydrogens is 308 g/mol. The van der Waals surface area contributed by atoms with E-state index < -0.39 is 6.10 Å². The number of phenols is 1. The van der Waals surface area contributed by atoms with E-state index in [1.54, 1.807) is 19.2 Å². The molecule has 5 heteroatoms. The summed E-state index contributed by atoms with van der Waals surface area (Å²) in [5, 5.41) is 20.1. The Morgan fingerprint density at radius 2 is 2.00 bits per heavy atom. The molecule has 24 heavy (non-hydrogen) atoms. The van der Waals surface area contributed by atoms with Gasteiger partial charge in [0.1, 0.15) is 5.78 Å². The monoisotopic (exact) mass is 336 g/mol. The van der Waals surface area contributed by atoms with Crippen LogP contribution in [-0.4, -0.2) is 42.4 Å². The van der Waals surface area contributed by atoms with E-state index in [9.17, 15) is 15.0 Å². The summed E-state index contributed by atoms with van der Waals surface area (Å²) in [5.41, 5.74) is 0.895. The number of benzene rings is 1. The number of ether oxygens (including phenoxy) is 2. The van der Waals surface area contributed by atoms with E-state index in [0.29, 0.717) is 25.0 Å². The number of rotatable bonds is 7. The molecule has 1 aliphatic rings. The summed E-state index contributed by atoms with van der Waals surface area (Å²) in [7, 11) is 3.16. The molecule has 0 aliphatic heterocycles. The predicted molar refractivity (Wildman–Crippen MR) is 91.4 cm³/mol. The Bertz CT molecular complexity index is 543. The maximum absolute atomic E-state index is 12.4.